The predicted octanol–water partition coefficient (Wildman–Crippen LogP) is 3.90. The summed E-state index contributed by atoms with van der Waals surface area (Å²) in [5.41, 5.74) is 1.06. The summed E-state index contributed by atoms with van der Waals surface area (Å²) in [5, 5.41) is 0. The number of hydrogen-bond acceptors (Lipinski definition) is 2. The number of likely N-dealkylation sites (tertiary alicyclic amines) is 2. The smallest absolute Gasteiger partial charge is 0.137 e. The van der Waals surface area contributed by atoms with E-state index in [2.05, 4.69) is 25.7 Å². The average Bonchev–Trinajstić information content (AvgIpc) is 2.99. The van der Waals surface area contributed by atoms with Crippen LogP contribution in [0.2, 0.25) is 0 Å². The molecule has 3 rings (SSSR count). The van der Waals surface area contributed by atoms with Crippen LogP contribution in [0.5, 0.6) is 0 Å². The molecule has 2 aliphatic rings. The minimum atomic E-state index is -0.156. The minimum Gasteiger partial charge on any atom is -0.303 e. The van der Waals surface area contributed by atoms with Gasteiger partial charge in [0, 0.05) is 13.1 Å². The lowest BCUT2D eigenvalue weighted by molar-refractivity contribution is 0.148. The molecule has 0 bridgehead atoms. The van der Waals surface area contributed by atoms with Gasteiger partial charge in [-0.15, -0.1) is 0 Å². The molecule has 2 saturated heterocycles. The van der Waals surface area contributed by atoms with E-state index in [4.69, 9.17) is 0 Å². The summed E-state index contributed by atoms with van der Waals surface area (Å²) < 4.78 is 14.2. The highest BCUT2D eigenvalue weighted by atomic mass is 79.9. The molecule has 0 N–H and O–H groups in total. The Bertz CT molecular complexity index is 466. The number of halogens is 2. The van der Waals surface area contributed by atoms with Crippen LogP contribution in [0.3, 0.4) is 0 Å². The highest BCUT2D eigenvalue weighted by molar-refractivity contribution is 9.10. The zero-order valence-electron chi connectivity index (χ0n) is 12.5. The van der Waals surface area contributed by atoms with E-state index in [0.29, 0.717) is 4.47 Å². The van der Waals surface area contributed by atoms with Crippen LogP contribution >= 0.6 is 15.9 Å². The second-order valence-corrected chi connectivity index (χ2v) is 7.23. The van der Waals surface area contributed by atoms with Gasteiger partial charge in [-0.05, 0) is 85.3 Å². The molecule has 0 amide bonds. The van der Waals surface area contributed by atoms with E-state index >= 15 is 0 Å². The molecule has 0 spiro atoms. The van der Waals surface area contributed by atoms with Crippen molar-refractivity contribution in [2.45, 2.75) is 32.2 Å². The van der Waals surface area contributed by atoms with Gasteiger partial charge in [-0.1, -0.05) is 12.1 Å². The molecule has 0 saturated carbocycles. The van der Waals surface area contributed by atoms with Gasteiger partial charge in [0.1, 0.15) is 5.82 Å². The van der Waals surface area contributed by atoms with Crippen molar-refractivity contribution in [1.29, 1.82) is 0 Å². The summed E-state index contributed by atoms with van der Waals surface area (Å²) in [6.45, 7) is 7.03. The van der Waals surface area contributed by atoms with E-state index < -0.39 is 0 Å². The van der Waals surface area contributed by atoms with Crippen molar-refractivity contribution in [2.24, 2.45) is 5.92 Å². The van der Waals surface area contributed by atoms with Gasteiger partial charge in [0.05, 0.1) is 4.47 Å². The molecule has 0 aromatic heterocycles. The zero-order chi connectivity index (χ0) is 14.7. The maximum atomic E-state index is 13.6. The molecule has 0 radical (unpaired) electrons. The van der Waals surface area contributed by atoms with Crippen molar-refractivity contribution in [3.8, 4) is 0 Å². The molecule has 0 unspecified atom stereocenters. The molecule has 1 aromatic carbocycles. The number of benzene rings is 1. The molecular formula is C17H24BrFN2. The van der Waals surface area contributed by atoms with Crippen LogP contribution in [0.1, 0.15) is 31.2 Å². The van der Waals surface area contributed by atoms with Crippen LogP contribution in [0, 0.1) is 11.7 Å². The first-order valence-electron chi connectivity index (χ1n) is 8.10. The second kappa shape index (κ2) is 7.21. The topological polar surface area (TPSA) is 6.48 Å². The Kier molecular flexibility index (Phi) is 5.30. The van der Waals surface area contributed by atoms with Crippen molar-refractivity contribution in [3.05, 3.63) is 34.1 Å². The highest BCUT2D eigenvalue weighted by Crippen LogP contribution is 2.25. The van der Waals surface area contributed by atoms with Gasteiger partial charge >= 0.3 is 0 Å². The Morgan fingerprint density at radius 3 is 2.48 bits per heavy atom. The van der Waals surface area contributed by atoms with Crippen LogP contribution in [0.15, 0.2) is 22.7 Å². The predicted molar refractivity (Wildman–Crippen MR) is 87.8 cm³/mol. The summed E-state index contributed by atoms with van der Waals surface area (Å²) in [5.74, 6) is 0.701. The number of hydrogen-bond donors (Lipinski definition) is 0. The Hall–Kier alpha value is -0.450. The second-order valence-electron chi connectivity index (χ2n) is 6.44. The third-order valence-corrected chi connectivity index (χ3v) is 5.74. The van der Waals surface area contributed by atoms with Gasteiger partial charge in [0.15, 0.2) is 0 Å². The highest BCUT2D eigenvalue weighted by Gasteiger charge is 2.23. The van der Waals surface area contributed by atoms with Crippen molar-refractivity contribution < 1.29 is 4.39 Å². The fourth-order valence-electron chi connectivity index (χ4n) is 3.57. The molecule has 116 valence electrons. The molecule has 2 aliphatic heterocycles. The maximum absolute atomic E-state index is 13.6. The molecule has 21 heavy (non-hydrogen) atoms. The van der Waals surface area contributed by atoms with E-state index in [1.165, 1.54) is 51.4 Å². The summed E-state index contributed by atoms with van der Waals surface area (Å²) >= 11 is 3.37. The molecule has 1 aromatic rings. The summed E-state index contributed by atoms with van der Waals surface area (Å²) in [4.78, 5) is 5.09. The van der Waals surface area contributed by atoms with Gasteiger partial charge in [-0.25, -0.2) is 4.39 Å². The molecule has 4 heteroatoms. The van der Waals surface area contributed by atoms with Gasteiger partial charge < -0.3 is 4.90 Å². The lowest BCUT2D eigenvalue weighted by Gasteiger charge is -2.34. The average molecular weight is 355 g/mol. The van der Waals surface area contributed by atoms with E-state index in [-0.39, 0.29) is 5.82 Å². The monoisotopic (exact) mass is 354 g/mol. The number of piperidine rings is 1. The van der Waals surface area contributed by atoms with Crippen LogP contribution in [0.25, 0.3) is 0 Å². The van der Waals surface area contributed by atoms with Gasteiger partial charge in [-0.3, -0.25) is 4.90 Å². The fourth-order valence-corrected chi connectivity index (χ4v) is 3.96. The SMILES string of the molecule is Fc1cccc(CN2CCC(CN3CCCC3)CC2)c1Br. The Balaban J connectivity index is 1.48. The molecule has 2 fully saturated rings. The normalized spacial score (nSPS) is 22.0. The Labute approximate surface area is 135 Å². The Morgan fingerprint density at radius 2 is 1.76 bits per heavy atom. The standard InChI is InChI=1S/C17H24BrFN2/c18-17-15(4-3-5-16(17)19)13-21-10-6-14(7-11-21)12-20-8-1-2-9-20/h3-5,14H,1-2,6-13H2. The van der Waals surface area contributed by atoms with E-state index in [0.717, 1.165) is 31.1 Å². The Morgan fingerprint density at radius 1 is 1.05 bits per heavy atom. The van der Waals surface area contributed by atoms with E-state index in [1.54, 1.807) is 6.07 Å². The first kappa shape index (κ1) is 15.4. The largest absolute Gasteiger partial charge is 0.303 e. The van der Waals surface area contributed by atoms with Gasteiger partial charge in [-0.2, -0.15) is 0 Å². The van der Waals surface area contributed by atoms with E-state index in [1.807, 2.05) is 6.07 Å². The lowest BCUT2D eigenvalue weighted by Crippen LogP contribution is -2.37. The lowest BCUT2D eigenvalue weighted by atomic mass is 9.96. The molecular weight excluding hydrogens is 331 g/mol. The van der Waals surface area contributed by atoms with Crippen molar-refractivity contribution in [3.63, 3.8) is 0 Å². The molecule has 2 nitrogen and oxygen atoms in total. The third kappa shape index (κ3) is 4.05. The van der Waals surface area contributed by atoms with Crippen LogP contribution in [-0.4, -0.2) is 42.5 Å². The third-order valence-electron chi connectivity index (χ3n) is 4.85. The summed E-state index contributed by atoms with van der Waals surface area (Å²) in [6.07, 6.45) is 5.33. The fraction of sp³-hybridized carbons (Fsp3) is 0.647. The van der Waals surface area contributed by atoms with Gasteiger partial charge in [0.2, 0.25) is 0 Å². The molecule has 0 atom stereocenters. The quantitative estimate of drug-likeness (QED) is 0.808. The van der Waals surface area contributed by atoms with Crippen molar-refractivity contribution in [1.82, 2.24) is 9.80 Å². The zero-order valence-corrected chi connectivity index (χ0v) is 14.1. The first-order valence-corrected chi connectivity index (χ1v) is 8.89. The summed E-state index contributed by atoms with van der Waals surface area (Å²) in [7, 11) is 0. The minimum absolute atomic E-state index is 0.156. The van der Waals surface area contributed by atoms with Crippen molar-refractivity contribution >= 4 is 15.9 Å². The number of nitrogens with zero attached hydrogens (tertiary/aromatic N) is 2. The van der Waals surface area contributed by atoms with E-state index in [9.17, 15) is 4.39 Å². The van der Waals surface area contributed by atoms with Crippen LogP contribution in [0.4, 0.5) is 4.39 Å². The first-order chi connectivity index (χ1) is 10.2. The maximum Gasteiger partial charge on any atom is 0.137 e. The van der Waals surface area contributed by atoms with Crippen molar-refractivity contribution in [2.75, 3.05) is 32.7 Å². The van der Waals surface area contributed by atoms with Gasteiger partial charge in [0.25, 0.3) is 0 Å². The molecule has 0 aliphatic carbocycles. The van der Waals surface area contributed by atoms with Crippen LogP contribution in [-0.2, 0) is 6.54 Å². The van der Waals surface area contributed by atoms with Crippen LogP contribution < -0.4 is 0 Å². The summed E-state index contributed by atoms with van der Waals surface area (Å²) in [6, 6.07) is 5.33. The number of rotatable bonds is 4. The molecule has 2 heterocycles.